The first kappa shape index (κ1) is 15.4. The van der Waals surface area contributed by atoms with E-state index >= 15 is 0 Å². The summed E-state index contributed by atoms with van der Waals surface area (Å²) < 4.78 is 15.5. The summed E-state index contributed by atoms with van der Waals surface area (Å²) in [7, 11) is 0. The largest absolute Gasteiger partial charge is 0.306 e. The Labute approximate surface area is 137 Å². The van der Waals surface area contributed by atoms with Crippen LogP contribution in [-0.4, -0.2) is 6.54 Å². The normalized spacial score (nSPS) is 12.7. The van der Waals surface area contributed by atoms with E-state index in [1.54, 1.807) is 6.07 Å². The quantitative estimate of drug-likeness (QED) is 0.654. The van der Waals surface area contributed by atoms with Crippen LogP contribution in [0.25, 0.3) is 0 Å². The van der Waals surface area contributed by atoms with Gasteiger partial charge >= 0.3 is 0 Å². The molecule has 6 heteroatoms. The van der Waals surface area contributed by atoms with Crippen molar-refractivity contribution >= 4 is 54.8 Å². The topological polar surface area (TPSA) is 12.0 Å². The van der Waals surface area contributed by atoms with E-state index in [4.69, 9.17) is 11.6 Å². The van der Waals surface area contributed by atoms with Crippen molar-refractivity contribution in [3.63, 3.8) is 0 Å². The summed E-state index contributed by atoms with van der Waals surface area (Å²) in [5, 5.41) is 3.39. The van der Waals surface area contributed by atoms with Crippen molar-refractivity contribution in [1.82, 2.24) is 5.32 Å². The van der Waals surface area contributed by atoms with Gasteiger partial charge < -0.3 is 5.32 Å². The summed E-state index contributed by atoms with van der Waals surface area (Å²) in [5.74, 6) is -0.253. The van der Waals surface area contributed by atoms with Crippen LogP contribution < -0.4 is 5.32 Å². The van der Waals surface area contributed by atoms with Crippen LogP contribution >= 0.6 is 54.8 Å². The molecule has 102 valence electrons. The molecule has 2 aromatic rings. The zero-order valence-corrected chi connectivity index (χ0v) is 14.8. The van der Waals surface area contributed by atoms with Crippen LogP contribution in [0.5, 0.6) is 0 Å². The van der Waals surface area contributed by atoms with Gasteiger partial charge in [0.15, 0.2) is 0 Å². The third-order valence-electron chi connectivity index (χ3n) is 2.63. The van der Waals surface area contributed by atoms with Gasteiger partial charge in [-0.15, -0.1) is 11.3 Å². The number of hydrogen-bond acceptors (Lipinski definition) is 2. The lowest BCUT2D eigenvalue weighted by Gasteiger charge is -2.18. The van der Waals surface area contributed by atoms with Gasteiger partial charge in [0.05, 0.1) is 6.04 Å². The second-order valence-corrected chi connectivity index (χ2v) is 7.32. The predicted molar refractivity (Wildman–Crippen MR) is 86.6 cm³/mol. The number of rotatable bonds is 4. The van der Waals surface area contributed by atoms with Crippen molar-refractivity contribution in [2.75, 3.05) is 6.54 Å². The van der Waals surface area contributed by atoms with Gasteiger partial charge in [-0.1, -0.05) is 40.5 Å². The second-order valence-electron chi connectivity index (χ2n) is 3.93. The Morgan fingerprint density at radius 3 is 2.58 bits per heavy atom. The molecular weight excluding hydrogens is 416 g/mol. The molecule has 0 aliphatic heterocycles. The zero-order valence-electron chi connectivity index (χ0n) is 10.0. The highest BCUT2D eigenvalue weighted by molar-refractivity contribution is 9.10. The van der Waals surface area contributed by atoms with E-state index in [9.17, 15) is 4.39 Å². The van der Waals surface area contributed by atoms with E-state index in [1.807, 2.05) is 13.0 Å². The molecule has 0 saturated heterocycles. The van der Waals surface area contributed by atoms with Crippen molar-refractivity contribution in [1.29, 1.82) is 0 Å². The SMILES string of the molecule is CCNC(c1cc(Br)c(Cl)s1)c1ccc(F)cc1Br. The van der Waals surface area contributed by atoms with Crippen LogP contribution in [0.4, 0.5) is 4.39 Å². The molecule has 0 radical (unpaired) electrons. The Bertz CT molecular complexity index is 569. The molecular formula is C13H11Br2ClFNS. The fraction of sp³-hybridized carbons (Fsp3) is 0.231. The highest BCUT2D eigenvalue weighted by Crippen LogP contribution is 2.39. The standard InChI is InChI=1S/C13H11Br2ClFNS/c1-2-18-12(11-6-10(15)13(16)19-11)8-4-3-7(17)5-9(8)14/h3-6,12,18H,2H2,1H3. The van der Waals surface area contributed by atoms with E-state index < -0.39 is 0 Å². The van der Waals surface area contributed by atoms with E-state index in [2.05, 4.69) is 37.2 Å². The first-order chi connectivity index (χ1) is 9.02. The Morgan fingerprint density at radius 1 is 1.32 bits per heavy atom. The molecule has 1 nitrogen and oxygen atoms in total. The fourth-order valence-electron chi connectivity index (χ4n) is 1.81. The number of thiophene rings is 1. The van der Waals surface area contributed by atoms with Crippen molar-refractivity contribution in [2.45, 2.75) is 13.0 Å². The molecule has 1 aromatic heterocycles. The Morgan fingerprint density at radius 2 is 2.05 bits per heavy atom. The van der Waals surface area contributed by atoms with Crippen LogP contribution in [0.3, 0.4) is 0 Å². The maximum absolute atomic E-state index is 13.2. The lowest BCUT2D eigenvalue weighted by atomic mass is 10.1. The number of nitrogens with one attached hydrogen (secondary N) is 1. The van der Waals surface area contributed by atoms with Crippen LogP contribution in [-0.2, 0) is 0 Å². The molecule has 0 bridgehead atoms. The molecule has 0 aliphatic carbocycles. The molecule has 1 unspecified atom stereocenters. The maximum Gasteiger partial charge on any atom is 0.124 e. The van der Waals surface area contributed by atoms with Crippen LogP contribution in [0.2, 0.25) is 4.34 Å². The number of halogens is 4. The van der Waals surface area contributed by atoms with Crippen LogP contribution in [0, 0.1) is 5.82 Å². The summed E-state index contributed by atoms with van der Waals surface area (Å²) in [6.07, 6.45) is 0. The first-order valence-electron chi connectivity index (χ1n) is 5.66. The fourth-order valence-corrected chi connectivity index (χ4v) is 4.22. The maximum atomic E-state index is 13.2. The summed E-state index contributed by atoms with van der Waals surface area (Å²) in [6, 6.07) is 6.72. The summed E-state index contributed by atoms with van der Waals surface area (Å²) in [5.41, 5.74) is 0.994. The Balaban J connectivity index is 2.44. The molecule has 19 heavy (non-hydrogen) atoms. The van der Waals surface area contributed by atoms with Gasteiger partial charge in [0, 0.05) is 13.8 Å². The minimum absolute atomic E-state index is 0.00576. The molecule has 0 spiro atoms. The molecule has 1 atom stereocenters. The molecule has 0 amide bonds. The highest BCUT2D eigenvalue weighted by Gasteiger charge is 2.19. The van der Waals surface area contributed by atoms with Gasteiger partial charge in [0.2, 0.25) is 0 Å². The van der Waals surface area contributed by atoms with Gasteiger partial charge in [-0.25, -0.2) is 4.39 Å². The lowest BCUT2D eigenvalue weighted by Crippen LogP contribution is -2.21. The van der Waals surface area contributed by atoms with Crippen LogP contribution in [0.1, 0.15) is 23.4 Å². The smallest absolute Gasteiger partial charge is 0.124 e. The van der Waals surface area contributed by atoms with Gasteiger partial charge in [-0.3, -0.25) is 0 Å². The highest BCUT2D eigenvalue weighted by atomic mass is 79.9. The number of benzene rings is 1. The molecule has 1 aromatic carbocycles. The molecule has 2 rings (SSSR count). The minimum Gasteiger partial charge on any atom is -0.306 e. The third kappa shape index (κ3) is 3.58. The Kier molecular flexibility index (Phi) is 5.43. The Hall–Kier alpha value is 0.0600. The monoisotopic (exact) mass is 425 g/mol. The predicted octanol–water partition coefficient (Wildman–Crippen LogP) is 5.76. The van der Waals surface area contributed by atoms with Gasteiger partial charge in [-0.05, 0) is 46.2 Å². The molecule has 0 fully saturated rings. The minimum atomic E-state index is -0.253. The molecule has 1 heterocycles. The van der Waals surface area contributed by atoms with Gasteiger partial charge in [0.1, 0.15) is 10.2 Å². The van der Waals surface area contributed by atoms with Crippen LogP contribution in [0.15, 0.2) is 33.2 Å². The third-order valence-corrected chi connectivity index (χ3v) is 5.86. The average Bonchev–Trinajstić information content (AvgIpc) is 2.67. The molecule has 0 saturated carbocycles. The van der Waals surface area contributed by atoms with Gasteiger partial charge in [-0.2, -0.15) is 0 Å². The lowest BCUT2D eigenvalue weighted by molar-refractivity contribution is 0.614. The average molecular weight is 428 g/mol. The molecule has 0 aliphatic rings. The van der Waals surface area contributed by atoms with Crippen molar-refractivity contribution in [3.05, 3.63) is 53.8 Å². The van der Waals surface area contributed by atoms with Gasteiger partial charge in [0.25, 0.3) is 0 Å². The van der Waals surface area contributed by atoms with Crippen molar-refractivity contribution in [2.24, 2.45) is 0 Å². The zero-order chi connectivity index (χ0) is 14.0. The number of hydrogen-bond donors (Lipinski definition) is 1. The summed E-state index contributed by atoms with van der Waals surface area (Å²) in [6.45, 7) is 2.84. The van der Waals surface area contributed by atoms with E-state index in [0.29, 0.717) is 0 Å². The summed E-state index contributed by atoms with van der Waals surface area (Å²) in [4.78, 5) is 1.09. The van der Waals surface area contributed by atoms with Crippen molar-refractivity contribution < 1.29 is 4.39 Å². The molecule has 1 N–H and O–H groups in total. The van der Waals surface area contributed by atoms with Crippen molar-refractivity contribution in [3.8, 4) is 0 Å². The summed E-state index contributed by atoms with van der Waals surface area (Å²) >= 11 is 14.4. The van der Waals surface area contributed by atoms with E-state index in [-0.39, 0.29) is 11.9 Å². The van der Waals surface area contributed by atoms with E-state index in [1.165, 1.54) is 23.5 Å². The first-order valence-corrected chi connectivity index (χ1v) is 8.44. The second kappa shape index (κ2) is 6.68. The van der Waals surface area contributed by atoms with E-state index in [0.717, 1.165) is 30.3 Å².